The van der Waals surface area contributed by atoms with Crippen LogP contribution in [-0.2, 0) is 6.18 Å². The molecule has 1 aliphatic rings. The van der Waals surface area contributed by atoms with Gasteiger partial charge in [-0.2, -0.15) is 0 Å². The Morgan fingerprint density at radius 3 is 2.62 bits per heavy atom. The maximum atomic E-state index is 13.4. The number of nitrogens with zero attached hydrogens (tertiary/aromatic N) is 4. The Bertz CT molecular complexity index is 1330. The Labute approximate surface area is 205 Å². The van der Waals surface area contributed by atoms with Crippen molar-refractivity contribution in [1.29, 1.82) is 0 Å². The van der Waals surface area contributed by atoms with E-state index < -0.39 is 11.7 Å². The van der Waals surface area contributed by atoms with Crippen LogP contribution in [-0.4, -0.2) is 62.7 Å². The molecule has 7 nitrogen and oxygen atoms in total. The first kappa shape index (κ1) is 23.1. The van der Waals surface area contributed by atoms with Gasteiger partial charge in [0, 0.05) is 0 Å². The number of piperidine rings is 1. The number of imidazole rings is 1. The third kappa shape index (κ3) is 4.52. The van der Waals surface area contributed by atoms with Gasteiger partial charge < -0.3 is 10.1 Å². The van der Waals surface area contributed by atoms with Gasteiger partial charge in [-0.1, -0.05) is 0 Å². The van der Waals surface area contributed by atoms with Gasteiger partial charge in [-0.15, -0.1) is 0 Å². The first-order valence-corrected chi connectivity index (χ1v) is 12.3. The molecule has 0 aliphatic carbocycles. The molecule has 0 atom stereocenters. The summed E-state index contributed by atoms with van der Waals surface area (Å²) in [6, 6.07) is 6.67. The summed E-state index contributed by atoms with van der Waals surface area (Å²) in [7, 11) is 1.59. The first-order valence-electron chi connectivity index (χ1n) is 10.5. The molecule has 1 aliphatic heterocycles. The number of pyridine rings is 1. The molecule has 1 fully saturated rings. The molecule has 0 bridgehead atoms. The van der Waals surface area contributed by atoms with Crippen molar-refractivity contribution in [2.75, 3.05) is 20.2 Å². The summed E-state index contributed by atoms with van der Waals surface area (Å²) in [5, 5.41) is 8.58. The first-order chi connectivity index (χ1) is 16.3. The summed E-state index contributed by atoms with van der Waals surface area (Å²) in [5.41, 5.74) is 0.714. The van der Waals surface area contributed by atoms with Crippen LogP contribution in [0.25, 0.3) is 26.8 Å². The summed E-state index contributed by atoms with van der Waals surface area (Å²) in [6.45, 7) is 1.85. The predicted molar refractivity (Wildman–Crippen MR) is 123 cm³/mol. The number of alkyl halides is 3. The Morgan fingerprint density at radius 2 is 1.88 bits per heavy atom. The van der Waals surface area contributed by atoms with E-state index in [1.165, 1.54) is 28.2 Å². The van der Waals surface area contributed by atoms with Crippen LogP contribution < -0.4 is 19.3 Å². The Hall–Kier alpha value is -2.62. The monoisotopic (exact) mass is 549 g/mol. The van der Waals surface area contributed by atoms with E-state index in [0.717, 1.165) is 37.6 Å². The molecule has 5 rings (SSSR count). The van der Waals surface area contributed by atoms with Crippen molar-refractivity contribution in [2.24, 2.45) is 0 Å². The second-order valence-corrected chi connectivity index (χ2v) is 9.62. The summed E-state index contributed by atoms with van der Waals surface area (Å²) >= 11 is 3.18. The molecule has 0 saturated carbocycles. The molecular formula is C22H19AsF3N5O2S. The average Bonchev–Trinajstić information content (AvgIpc) is 3.41. The smallest absolute Gasteiger partial charge is 0.486 e. The molecule has 2 radical (unpaired) electrons. The van der Waals surface area contributed by atoms with Crippen molar-refractivity contribution in [3.05, 3.63) is 42.2 Å². The van der Waals surface area contributed by atoms with E-state index in [0.29, 0.717) is 27.2 Å². The van der Waals surface area contributed by atoms with Gasteiger partial charge in [-0.25, -0.2) is 0 Å². The SMILES string of the molecule is COc1cc(-c2nn3c(-c4cnc([As])c(C(F)(F)F)c4)cnc3s2)ccc1OC1CCNCC1. The molecule has 4 heterocycles. The normalized spacial score (nSPS) is 15.1. The summed E-state index contributed by atoms with van der Waals surface area (Å²) < 4.78 is 53.1. The maximum absolute atomic E-state index is 13.4. The minimum atomic E-state index is -4.50. The number of hydrogen-bond acceptors (Lipinski definition) is 7. The van der Waals surface area contributed by atoms with Crippen LogP contribution >= 0.6 is 11.3 Å². The number of nitrogens with one attached hydrogen (secondary N) is 1. The zero-order valence-corrected chi connectivity index (χ0v) is 20.7. The van der Waals surface area contributed by atoms with E-state index in [1.54, 1.807) is 7.11 Å². The fourth-order valence-electron chi connectivity index (χ4n) is 3.80. The molecule has 0 spiro atoms. The number of benzene rings is 1. The number of fused-ring (bicyclic) bond motifs is 1. The van der Waals surface area contributed by atoms with Gasteiger partial charge in [0.1, 0.15) is 6.10 Å². The van der Waals surface area contributed by atoms with Crippen molar-refractivity contribution < 1.29 is 22.6 Å². The Balaban J connectivity index is 1.47. The Kier molecular flexibility index (Phi) is 6.26. The second-order valence-electron chi connectivity index (χ2n) is 7.77. The van der Waals surface area contributed by atoms with E-state index in [4.69, 9.17) is 9.47 Å². The van der Waals surface area contributed by atoms with Gasteiger partial charge in [0.2, 0.25) is 0 Å². The van der Waals surface area contributed by atoms with E-state index in [9.17, 15) is 13.2 Å². The summed E-state index contributed by atoms with van der Waals surface area (Å²) in [4.78, 5) is 8.80. The van der Waals surface area contributed by atoms with Crippen LogP contribution in [0.15, 0.2) is 36.7 Å². The summed E-state index contributed by atoms with van der Waals surface area (Å²) in [6.07, 6.45) is 0.384. The van der Waals surface area contributed by atoms with Crippen LogP contribution in [0, 0.1) is 0 Å². The molecule has 1 saturated heterocycles. The van der Waals surface area contributed by atoms with Crippen LogP contribution in [0.3, 0.4) is 0 Å². The van der Waals surface area contributed by atoms with Crippen LogP contribution in [0.1, 0.15) is 18.4 Å². The van der Waals surface area contributed by atoms with E-state index >= 15 is 0 Å². The van der Waals surface area contributed by atoms with Gasteiger partial charge >= 0.3 is 157 Å². The standard InChI is InChI=1S/C22H19AsF3N5O2S/c1-32-18-9-12(2-3-17(18)33-14-4-6-27-7-5-14)20-30-31-16(11-29-21(31)34-20)13-8-15(22(24,25)26)19(23)28-10-13/h2-3,8-11,14,27H,4-7H2,1H3. The minimum Gasteiger partial charge on any atom is -0.486 e. The molecule has 1 N–H and O–H groups in total. The average molecular weight is 549 g/mol. The van der Waals surface area contributed by atoms with Crippen molar-refractivity contribution in [2.45, 2.75) is 25.1 Å². The summed E-state index contributed by atoms with van der Waals surface area (Å²) in [5.74, 6) is 1.27. The number of methoxy groups -OCH3 is 1. The fraction of sp³-hybridized carbons (Fsp3) is 0.318. The topological polar surface area (TPSA) is 73.6 Å². The van der Waals surface area contributed by atoms with Crippen LogP contribution in [0.5, 0.6) is 11.5 Å². The van der Waals surface area contributed by atoms with Crippen molar-refractivity contribution in [3.8, 4) is 33.3 Å². The van der Waals surface area contributed by atoms with Crippen LogP contribution in [0.2, 0.25) is 0 Å². The number of ether oxygens (including phenoxy) is 2. The number of rotatable bonds is 5. The minimum absolute atomic E-state index is 0.134. The molecule has 12 heteroatoms. The van der Waals surface area contributed by atoms with Crippen LogP contribution in [0.4, 0.5) is 13.2 Å². The van der Waals surface area contributed by atoms with Crippen molar-refractivity contribution >= 4 is 37.6 Å². The zero-order valence-electron chi connectivity index (χ0n) is 18.0. The third-order valence-electron chi connectivity index (χ3n) is 5.54. The molecular weight excluding hydrogens is 530 g/mol. The molecule has 1 aromatic carbocycles. The fourth-order valence-corrected chi connectivity index (χ4v) is 5.20. The van der Waals surface area contributed by atoms with Crippen molar-refractivity contribution in [3.63, 3.8) is 0 Å². The Morgan fingerprint density at radius 1 is 1.09 bits per heavy atom. The zero-order chi connectivity index (χ0) is 23.9. The quantitative estimate of drug-likeness (QED) is 0.385. The molecule has 0 unspecified atom stereocenters. The number of hydrogen-bond donors (Lipinski definition) is 1. The molecule has 3 aromatic heterocycles. The molecule has 176 valence electrons. The van der Waals surface area contributed by atoms with Gasteiger partial charge in [0.25, 0.3) is 0 Å². The van der Waals surface area contributed by atoms with Gasteiger partial charge in [-0.05, 0) is 25.9 Å². The second kappa shape index (κ2) is 9.20. The number of aromatic nitrogens is 4. The van der Waals surface area contributed by atoms with Gasteiger partial charge in [0.15, 0.2) is 0 Å². The van der Waals surface area contributed by atoms with E-state index in [1.807, 2.05) is 35.1 Å². The molecule has 34 heavy (non-hydrogen) atoms. The third-order valence-corrected chi connectivity index (χ3v) is 7.26. The molecule has 0 amide bonds. The van der Waals surface area contributed by atoms with Crippen molar-refractivity contribution in [1.82, 2.24) is 24.9 Å². The van der Waals surface area contributed by atoms with Gasteiger partial charge in [0.05, 0.1) is 7.11 Å². The van der Waals surface area contributed by atoms with Gasteiger partial charge in [-0.3, -0.25) is 0 Å². The predicted octanol–water partition coefficient (Wildman–Crippen LogP) is 3.47. The molecule has 4 aromatic rings. The van der Waals surface area contributed by atoms with E-state index in [-0.39, 0.29) is 16.1 Å². The number of halogens is 3. The van der Waals surface area contributed by atoms with E-state index in [2.05, 4.69) is 20.4 Å².